The van der Waals surface area contributed by atoms with Crippen LogP contribution in [0.5, 0.6) is 5.75 Å². The lowest BCUT2D eigenvalue weighted by atomic mass is 9.99. The zero-order valence-electron chi connectivity index (χ0n) is 34.9. The number of amides is 5. The summed E-state index contributed by atoms with van der Waals surface area (Å²) in [5.41, 5.74) is 8.78. The summed E-state index contributed by atoms with van der Waals surface area (Å²) in [4.78, 5) is 75.7. The van der Waals surface area contributed by atoms with Crippen LogP contribution in [0.4, 0.5) is 0 Å². The van der Waals surface area contributed by atoms with E-state index in [1.807, 2.05) is 54.6 Å². The lowest BCUT2D eigenvalue weighted by Gasteiger charge is -2.32. The zero-order chi connectivity index (χ0) is 44.0. The van der Waals surface area contributed by atoms with Crippen LogP contribution in [-0.4, -0.2) is 107 Å². The maximum Gasteiger partial charge on any atom is 0.252 e. The van der Waals surface area contributed by atoms with E-state index in [0.29, 0.717) is 24.9 Å². The number of H-pyrrole nitrogens is 1. The van der Waals surface area contributed by atoms with Crippen LogP contribution in [0.15, 0.2) is 85.1 Å². The molecular weight excluding hydrogens is 799 g/mol. The highest BCUT2D eigenvalue weighted by Crippen LogP contribution is 2.38. The van der Waals surface area contributed by atoms with E-state index in [1.165, 1.54) is 12.1 Å². The Morgan fingerprint density at radius 1 is 0.726 bits per heavy atom. The molecule has 0 saturated carbocycles. The summed E-state index contributed by atoms with van der Waals surface area (Å²) in [5.74, 6) is -4.66. The molecule has 3 saturated heterocycles. The van der Waals surface area contributed by atoms with Crippen molar-refractivity contribution in [3.8, 4) is 5.75 Å². The van der Waals surface area contributed by atoms with Gasteiger partial charge in [0.1, 0.15) is 36.0 Å². The Kier molecular flexibility index (Phi) is 13.9. The number of phenolic OH excluding ortho intramolecular Hbond substituents is 1. The monoisotopic (exact) mass is 853 g/mol. The Morgan fingerprint density at radius 2 is 1.39 bits per heavy atom. The highest BCUT2D eigenvalue weighted by atomic mass is 16.8. The number of unbranched alkanes of at least 4 members (excludes halogenated alkanes) is 1. The number of aromatic nitrogens is 1. The average molecular weight is 854 g/mol. The number of aromatic hydroxyl groups is 1. The van der Waals surface area contributed by atoms with E-state index < -0.39 is 90.1 Å². The number of hydrogen-bond acceptors (Lipinski definition) is 11. The molecule has 7 rings (SSSR count). The minimum atomic E-state index is -1.43. The smallest absolute Gasteiger partial charge is 0.252 e. The molecular formula is C45H55N7O10. The Labute approximate surface area is 359 Å². The second kappa shape index (κ2) is 19.5. The predicted octanol–water partition coefficient (Wildman–Crippen LogP) is 1.71. The summed E-state index contributed by atoms with van der Waals surface area (Å²) < 4.78 is 24.5. The first-order chi connectivity index (χ1) is 29.8. The molecule has 0 bridgehead atoms. The molecule has 9 N–H and O–H groups in total. The van der Waals surface area contributed by atoms with E-state index in [-0.39, 0.29) is 31.6 Å². The van der Waals surface area contributed by atoms with Gasteiger partial charge in [-0.1, -0.05) is 60.7 Å². The van der Waals surface area contributed by atoms with Crippen LogP contribution in [0.1, 0.15) is 56.7 Å². The fourth-order valence-electron chi connectivity index (χ4n) is 8.06. The Bertz CT molecular complexity index is 2220. The second-order valence-electron chi connectivity index (χ2n) is 16.4. The highest BCUT2D eigenvalue weighted by Gasteiger charge is 2.58. The average Bonchev–Trinajstić information content (AvgIpc) is 3.91. The topological polar surface area (TPSA) is 244 Å². The molecule has 17 heteroatoms. The van der Waals surface area contributed by atoms with Gasteiger partial charge < -0.3 is 61.4 Å². The molecule has 17 nitrogen and oxygen atoms in total. The molecule has 1 aromatic heterocycles. The first-order valence-corrected chi connectivity index (χ1v) is 21.0. The molecule has 62 heavy (non-hydrogen) atoms. The van der Waals surface area contributed by atoms with Crippen LogP contribution in [-0.2, 0) is 62.4 Å². The van der Waals surface area contributed by atoms with E-state index in [2.05, 4.69) is 31.6 Å². The number of benzene rings is 3. The number of carbonyl (C=O) groups excluding carboxylic acids is 5. The molecule has 3 fully saturated rings. The Balaban J connectivity index is 1.27. The van der Waals surface area contributed by atoms with Crippen LogP contribution in [0, 0.1) is 0 Å². The molecule has 5 unspecified atom stereocenters. The summed E-state index contributed by atoms with van der Waals surface area (Å²) in [6.45, 7) is 5.45. The van der Waals surface area contributed by atoms with Crippen LogP contribution in [0.2, 0.25) is 0 Å². The quantitative estimate of drug-likeness (QED) is 0.0954. The zero-order valence-corrected chi connectivity index (χ0v) is 34.9. The summed E-state index contributed by atoms with van der Waals surface area (Å²) >= 11 is 0. The molecule has 4 aromatic rings. The third kappa shape index (κ3) is 10.6. The number of rotatable bonds is 12. The van der Waals surface area contributed by atoms with Gasteiger partial charge in [0, 0.05) is 29.9 Å². The first-order valence-electron chi connectivity index (χ1n) is 21.0. The first kappa shape index (κ1) is 44.2. The van der Waals surface area contributed by atoms with Crippen molar-refractivity contribution >= 4 is 40.4 Å². The summed E-state index contributed by atoms with van der Waals surface area (Å²) in [7, 11) is 0. The number of nitrogens with one attached hydrogen (secondary N) is 6. The molecule has 3 aromatic carbocycles. The van der Waals surface area contributed by atoms with Gasteiger partial charge in [-0.15, -0.1) is 0 Å². The lowest BCUT2D eigenvalue weighted by Crippen LogP contribution is -2.64. The number of para-hydroxylation sites is 1. The van der Waals surface area contributed by atoms with E-state index in [9.17, 15) is 29.1 Å². The Hall–Kier alpha value is -5.85. The number of aromatic amines is 1. The number of nitrogens with two attached hydrogens (primary N) is 1. The van der Waals surface area contributed by atoms with E-state index in [4.69, 9.17) is 24.7 Å². The normalized spacial score (nSPS) is 27.3. The van der Waals surface area contributed by atoms with Gasteiger partial charge in [0.05, 0.1) is 18.8 Å². The molecule has 9 atom stereocenters. The fraction of sp³-hybridized carbons (Fsp3) is 0.444. The maximum atomic E-state index is 14.6. The highest BCUT2D eigenvalue weighted by molar-refractivity contribution is 5.97. The van der Waals surface area contributed by atoms with Crippen molar-refractivity contribution in [2.24, 2.45) is 5.73 Å². The number of ether oxygens (including phenoxy) is 4. The third-order valence-corrected chi connectivity index (χ3v) is 11.3. The number of fused-ring (bicyclic) bond motifs is 4. The molecule has 0 spiro atoms. The standard InChI is InChI=1S/C45H55N7O10/c1-25(59-24-27-11-5-4-6-12-27)35-42(57)52-36-37(60-44-38(36)61-45(2,3)62-44)43(58)50-33(21-26-16-18-29(53)19-17-26)40(55)49-34(22-28-23-47-31-14-8-7-13-30(28)31)41(56)48-32(39(54)51-35)15-9-10-20-46/h4-8,11-14,16-19,23,25,32-38,44,47,53H,9-10,15,20-22,24,46H2,1-3H3,(H,48,56)(H,49,55)(H,50,58)(H,51,54)(H,52,57)/t25?,32?,33?,34?,35-,36+,37-,38?,44+/m0/s1. The SMILES string of the molecule is CC(OCc1ccccc1)[C@@H]1NC(=O)C(CCCCN)NC(=O)C(Cc2c[nH]c3ccccc23)NC(=O)C(Cc2ccc(O)cc2)NC(=O)[C@H]2O[C@@H]3OC(C)(C)OC3[C@@H]2NC1=O. The van der Waals surface area contributed by atoms with Crippen molar-refractivity contribution in [2.75, 3.05) is 6.54 Å². The third-order valence-electron chi connectivity index (χ3n) is 11.3. The largest absolute Gasteiger partial charge is 0.508 e. The van der Waals surface area contributed by atoms with E-state index in [0.717, 1.165) is 22.0 Å². The molecule has 4 heterocycles. The van der Waals surface area contributed by atoms with Crippen molar-refractivity contribution in [1.29, 1.82) is 0 Å². The van der Waals surface area contributed by atoms with Crippen molar-refractivity contribution < 1.29 is 48.0 Å². The number of hydrogen-bond donors (Lipinski definition) is 8. The van der Waals surface area contributed by atoms with Crippen molar-refractivity contribution in [3.63, 3.8) is 0 Å². The van der Waals surface area contributed by atoms with Gasteiger partial charge in [0.2, 0.25) is 23.6 Å². The number of phenols is 1. The lowest BCUT2D eigenvalue weighted by molar-refractivity contribution is -0.208. The summed E-state index contributed by atoms with van der Waals surface area (Å²) in [6, 6.07) is 16.8. The van der Waals surface area contributed by atoms with Crippen LogP contribution in [0.3, 0.4) is 0 Å². The minimum Gasteiger partial charge on any atom is -0.508 e. The molecule has 3 aliphatic heterocycles. The van der Waals surface area contributed by atoms with Crippen LogP contribution in [0.25, 0.3) is 10.9 Å². The van der Waals surface area contributed by atoms with Crippen molar-refractivity contribution in [1.82, 2.24) is 31.6 Å². The Morgan fingerprint density at radius 3 is 2.13 bits per heavy atom. The summed E-state index contributed by atoms with van der Waals surface area (Å²) in [6.07, 6.45) is -1.51. The van der Waals surface area contributed by atoms with Crippen LogP contribution < -0.4 is 32.3 Å². The van der Waals surface area contributed by atoms with Gasteiger partial charge in [-0.2, -0.15) is 0 Å². The van der Waals surface area contributed by atoms with Crippen molar-refractivity contribution in [2.45, 2.75) is 120 Å². The van der Waals surface area contributed by atoms with Gasteiger partial charge in [0.25, 0.3) is 5.91 Å². The second-order valence-corrected chi connectivity index (χ2v) is 16.4. The fourth-order valence-corrected chi connectivity index (χ4v) is 8.06. The molecule has 5 amide bonds. The predicted molar refractivity (Wildman–Crippen MR) is 226 cm³/mol. The van der Waals surface area contributed by atoms with Gasteiger partial charge >= 0.3 is 0 Å². The van der Waals surface area contributed by atoms with Gasteiger partial charge in [-0.25, -0.2) is 0 Å². The molecule has 330 valence electrons. The van der Waals surface area contributed by atoms with Gasteiger partial charge in [0.15, 0.2) is 18.2 Å². The number of carbonyl (C=O) groups is 5. The van der Waals surface area contributed by atoms with E-state index in [1.54, 1.807) is 39.1 Å². The van der Waals surface area contributed by atoms with Gasteiger partial charge in [-0.05, 0) is 81.5 Å². The van der Waals surface area contributed by atoms with Crippen LogP contribution >= 0.6 is 0 Å². The summed E-state index contributed by atoms with van der Waals surface area (Å²) in [5, 5.41) is 25.1. The molecule has 3 aliphatic rings. The maximum absolute atomic E-state index is 14.6. The molecule has 0 radical (unpaired) electrons. The van der Waals surface area contributed by atoms with E-state index >= 15 is 0 Å². The minimum absolute atomic E-state index is 0.00577. The molecule has 0 aliphatic carbocycles. The van der Waals surface area contributed by atoms with Gasteiger partial charge in [-0.3, -0.25) is 24.0 Å². The van der Waals surface area contributed by atoms with Crippen molar-refractivity contribution in [3.05, 3.63) is 102 Å².